The van der Waals surface area contributed by atoms with E-state index < -0.39 is 0 Å². The van der Waals surface area contributed by atoms with E-state index in [1.165, 1.54) is 4.80 Å². The van der Waals surface area contributed by atoms with E-state index in [2.05, 4.69) is 26.0 Å². The number of nitrogens with zero attached hydrogens (tertiary/aromatic N) is 4. The summed E-state index contributed by atoms with van der Waals surface area (Å²) >= 11 is 0. The number of hydrogen-bond donors (Lipinski definition) is 2. The van der Waals surface area contributed by atoms with Crippen molar-refractivity contribution in [1.82, 2.24) is 20.2 Å². The molecule has 4 rings (SSSR count). The summed E-state index contributed by atoms with van der Waals surface area (Å²) in [6.07, 6.45) is 0. The number of carbonyl (C=O) groups excluding carboxylic acids is 2. The molecule has 31 heavy (non-hydrogen) atoms. The first-order valence-corrected chi connectivity index (χ1v) is 9.69. The first-order chi connectivity index (χ1) is 15.1. The van der Waals surface area contributed by atoms with Gasteiger partial charge in [-0.2, -0.15) is 4.80 Å². The van der Waals surface area contributed by atoms with Crippen LogP contribution < -0.4 is 10.6 Å². The largest absolute Gasteiger partial charge is 0.324 e. The Hall–Kier alpha value is -4.33. The van der Waals surface area contributed by atoms with Crippen molar-refractivity contribution >= 4 is 23.2 Å². The van der Waals surface area contributed by atoms with Gasteiger partial charge in [-0.25, -0.2) is 0 Å². The smallest absolute Gasteiger partial charge is 0.255 e. The van der Waals surface area contributed by atoms with Gasteiger partial charge in [0.25, 0.3) is 5.91 Å². The van der Waals surface area contributed by atoms with Gasteiger partial charge >= 0.3 is 0 Å². The zero-order chi connectivity index (χ0) is 21.6. The van der Waals surface area contributed by atoms with Gasteiger partial charge in [-0.15, -0.1) is 10.2 Å². The van der Waals surface area contributed by atoms with Crippen LogP contribution in [0.2, 0.25) is 0 Å². The lowest BCUT2D eigenvalue weighted by Crippen LogP contribution is -2.20. The average Bonchev–Trinajstić information content (AvgIpc) is 3.23. The van der Waals surface area contributed by atoms with Crippen LogP contribution in [0.5, 0.6) is 0 Å². The number of para-hydroxylation sites is 2. The maximum absolute atomic E-state index is 12.7. The van der Waals surface area contributed by atoms with Gasteiger partial charge in [-0.05, 0) is 48.0 Å². The number of aromatic nitrogens is 4. The molecule has 154 valence electrons. The van der Waals surface area contributed by atoms with Gasteiger partial charge in [0, 0.05) is 16.8 Å². The molecule has 0 aliphatic carbocycles. The molecule has 0 radical (unpaired) electrons. The van der Waals surface area contributed by atoms with E-state index in [4.69, 9.17) is 0 Å². The number of carbonyl (C=O) groups is 2. The summed E-state index contributed by atoms with van der Waals surface area (Å²) in [6, 6.07) is 23.7. The highest BCUT2D eigenvalue weighted by atomic mass is 16.2. The van der Waals surface area contributed by atoms with Gasteiger partial charge in [0.05, 0.1) is 5.69 Å². The van der Waals surface area contributed by atoms with Crippen LogP contribution in [-0.4, -0.2) is 32.0 Å². The Morgan fingerprint density at radius 2 is 1.58 bits per heavy atom. The van der Waals surface area contributed by atoms with E-state index in [0.29, 0.717) is 28.3 Å². The molecule has 0 unspecified atom stereocenters. The fourth-order valence-electron chi connectivity index (χ4n) is 3.07. The Balaban J connectivity index is 1.49. The van der Waals surface area contributed by atoms with Gasteiger partial charge in [-0.3, -0.25) is 9.59 Å². The van der Waals surface area contributed by atoms with Gasteiger partial charge < -0.3 is 10.6 Å². The van der Waals surface area contributed by atoms with Crippen LogP contribution in [-0.2, 0) is 11.3 Å². The summed E-state index contributed by atoms with van der Waals surface area (Å²) in [4.78, 5) is 26.2. The van der Waals surface area contributed by atoms with Crippen molar-refractivity contribution in [3.63, 3.8) is 0 Å². The van der Waals surface area contributed by atoms with Crippen molar-refractivity contribution in [2.45, 2.75) is 13.5 Å². The highest BCUT2D eigenvalue weighted by Gasteiger charge is 2.15. The molecule has 0 aliphatic rings. The number of amides is 2. The van der Waals surface area contributed by atoms with Crippen molar-refractivity contribution in [2.24, 2.45) is 0 Å². The van der Waals surface area contributed by atoms with Gasteiger partial charge in [0.2, 0.25) is 11.7 Å². The van der Waals surface area contributed by atoms with Crippen LogP contribution in [0, 0.1) is 6.92 Å². The Morgan fingerprint density at radius 3 is 2.39 bits per heavy atom. The molecule has 0 saturated heterocycles. The second kappa shape index (κ2) is 9.00. The summed E-state index contributed by atoms with van der Waals surface area (Å²) in [5.74, 6) is -0.176. The topological polar surface area (TPSA) is 102 Å². The highest BCUT2D eigenvalue weighted by molar-refractivity contribution is 6.06. The minimum absolute atomic E-state index is 0.0837. The molecule has 1 heterocycles. The second-order valence-electron chi connectivity index (χ2n) is 6.87. The Bertz CT molecular complexity index is 1220. The van der Waals surface area contributed by atoms with Gasteiger partial charge in [0.1, 0.15) is 6.54 Å². The molecule has 0 saturated carbocycles. The number of rotatable bonds is 6. The summed E-state index contributed by atoms with van der Waals surface area (Å²) in [5.41, 5.74) is 3.33. The second-order valence-corrected chi connectivity index (χ2v) is 6.87. The van der Waals surface area contributed by atoms with Crippen molar-refractivity contribution in [2.75, 3.05) is 10.6 Å². The zero-order valence-electron chi connectivity index (χ0n) is 16.8. The minimum Gasteiger partial charge on any atom is -0.324 e. The number of benzene rings is 3. The Morgan fingerprint density at radius 1 is 0.871 bits per heavy atom. The van der Waals surface area contributed by atoms with Crippen molar-refractivity contribution in [3.05, 3.63) is 90.0 Å². The molecule has 0 spiro atoms. The third kappa shape index (κ3) is 4.81. The highest BCUT2D eigenvalue weighted by Crippen LogP contribution is 2.25. The van der Waals surface area contributed by atoms with E-state index in [1.807, 2.05) is 55.5 Å². The number of aryl methyl sites for hydroxylation is 1. The van der Waals surface area contributed by atoms with Crippen molar-refractivity contribution in [3.8, 4) is 11.4 Å². The molecule has 2 N–H and O–H groups in total. The van der Waals surface area contributed by atoms with Crippen LogP contribution >= 0.6 is 0 Å². The molecule has 4 aromatic rings. The third-order valence-corrected chi connectivity index (χ3v) is 4.60. The first-order valence-electron chi connectivity index (χ1n) is 9.69. The lowest BCUT2D eigenvalue weighted by molar-refractivity contribution is -0.117. The molecule has 0 fully saturated rings. The molecule has 3 aromatic carbocycles. The SMILES string of the molecule is Cc1ccccc1C(=O)Nc1ccccc1-c1nnn(CC(=O)Nc2ccccc2)n1. The predicted molar refractivity (Wildman–Crippen MR) is 117 cm³/mol. The maximum Gasteiger partial charge on any atom is 0.255 e. The third-order valence-electron chi connectivity index (χ3n) is 4.60. The lowest BCUT2D eigenvalue weighted by atomic mass is 10.1. The lowest BCUT2D eigenvalue weighted by Gasteiger charge is -2.10. The summed E-state index contributed by atoms with van der Waals surface area (Å²) < 4.78 is 0. The van der Waals surface area contributed by atoms with Crippen molar-refractivity contribution < 1.29 is 9.59 Å². The van der Waals surface area contributed by atoms with E-state index in [0.717, 1.165) is 5.56 Å². The van der Waals surface area contributed by atoms with Gasteiger partial charge in [0.15, 0.2) is 0 Å². The van der Waals surface area contributed by atoms with Gasteiger partial charge in [-0.1, -0.05) is 48.5 Å². The number of tetrazole rings is 1. The monoisotopic (exact) mass is 412 g/mol. The minimum atomic E-state index is -0.267. The fourth-order valence-corrected chi connectivity index (χ4v) is 3.07. The van der Waals surface area contributed by atoms with Crippen LogP contribution in [0.1, 0.15) is 15.9 Å². The van der Waals surface area contributed by atoms with E-state index in [1.54, 1.807) is 30.3 Å². The van der Waals surface area contributed by atoms with E-state index >= 15 is 0 Å². The quantitative estimate of drug-likeness (QED) is 0.504. The normalized spacial score (nSPS) is 10.5. The van der Waals surface area contributed by atoms with Crippen LogP contribution in [0.4, 0.5) is 11.4 Å². The van der Waals surface area contributed by atoms with Crippen molar-refractivity contribution in [1.29, 1.82) is 0 Å². The molecular weight excluding hydrogens is 392 g/mol. The molecule has 8 heteroatoms. The molecule has 0 bridgehead atoms. The number of nitrogens with one attached hydrogen (secondary N) is 2. The summed E-state index contributed by atoms with van der Waals surface area (Å²) in [7, 11) is 0. The standard InChI is InChI=1S/C23H20N6O2/c1-16-9-5-6-12-18(16)23(31)25-20-14-8-7-13-19(20)22-26-28-29(27-22)15-21(30)24-17-10-3-2-4-11-17/h2-14H,15H2,1H3,(H,24,30)(H,25,31). The van der Waals surface area contributed by atoms with Crippen LogP contribution in [0.15, 0.2) is 78.9 Å². The Labute approximate surface area is 178 Å². The Kier molecular flexibility index (Phi) is 5.79. The van der Waals surface area contributed by atoms with E-state index in [9.17, 15) is 9.59 Å². The molecule has 1 aromatic heterocycles. The maximum atomic E-state index is 12.7. The molecule has 8 nitrogen and oxygen atoms in total. The fraction of sp³-hybridized carbons (Fsp3) is 0.0870. The van der Waals surface area contributed by atoms with E-state index in [-0.39, 0.29) is 18.4 Å². The summed E-state index contributed by atoms with van der Waals surface area (Å²) in [5, 5.41) is 18.0. The molecule has 2 amide bonds. The molecule has 0 atom stereocenters. The first kappa shape index (κ1) is 20.0. The average molecular weight is 412 g/mol. The van der Waals surface area contributed by atoms with Crippen LogP contribution in [0.25, 0.3) is 11.4 Å². The summed E-state index contributed by atoms with van der Waals surface area (Å²) in [6.45, 7) is 1.80. The number of anilines is 2. The van der Waals surface area contributed by atoms with Crippen LogP contribution in [0.3, 0.4) is 0 Å². The predicted octanol–water partition coefficient (Wildman–Crippen LogP) is 3.54. The zero-order valence-corrected chi connectivity index (χ0v) is 16.8. The number of hydrogen-bond acceptors (Lipinski definition) is 5. The molecule has 0 aliphatic heterocycles. The molecular formula is C23H20N6O2.